The van der Waals surface area contributed by atoms with E-state index in [9.17, 15) is 14.4 Å². The van der Waals surface area contributed by atoms with Crippen LogP contribution in [-0.2, 0) is 11.3 Å². The highest BCUT2D eigenvalue weighted by atomic mass is 16.2. The van der Waals surface area contributed by atoms with Crippen molar-refractivity contribution in [3.8, 4) is 0 Å². The van der Waals surface area contributed by atoms with Crippen molar-refractivity contribution in [3.05, 3.63) is 18.0 Å². The summed E-state index contributed by atoms with van der Waals surface area (Å²) in [7, 11) is 0. The van der Waals surface area contributed by atoms with Gasteiger partial charge in [0.15, 0.2) is 0 Å². The number of carbonyl (C=O) groups is 3. The summed E-state index contributed by atoms with van der Waals surface area (Å²) in [6.07, 6.45) is 2.13. The first-order valence-electron chi connectivity index (χ1n) is 6.84. The van der Waals surface area contributed by atoms with Crippen LogP contribution in [0.25, 0.3) is 0 Å². The van der Waals surface area contributed by atoms with Crippen LogP contribution in [0.3, 0.4) is 0 Å². The van der Waals surface area contributed by atoms with E-state index in [4.69, 9.17) is 5.73 Å². The van der Waals surface area contributed by atoms with Crippen LogP contribution in [0.2, 0.25) is 0 Å². The molecule has 1 aromatic heterocycles. The minimum absolute atomic E-state index is 0.179. The van der Waals surface area contributed by atoms with Crippen LogP contribution >= 0.6 is 0 Å². The number of nitrogens with one attached hydrogen (secondary N) is 2. The number of urea groups is 1. The van der Waals surface area contributed by atoms with Crippen LogP contribution in [-0.4, -0.2) is 45.9 Å². The number of imide groups is 1. The van der Waals surface area contributed by atoms with E-state index >= 15 is 0 Å². The fourth-order valence-electron chi connectivity index (χ4n) is 2.93. The minimum atomic E-state index is -0.984. The number of carbonyl (C=O) groups excluding carboxylic acids is 3. The van der Waals surface area contributed by atoms with E-state index in [0.29, 0.717) is 30.9 Å². The third-order valence-corrected chi connectivity index (χ3v) is 4.05. The molecule has 0 bridgehead atoms. The van der Waals surface area contributed by atoms with Crippen molar-refractivity contribution >= 4 is 23.5 Å². The lowest BCUT2D eigenvalue weighted by Crippen LogP contribution is -2.49. The van der Waals surface area contributed by atoms with Gasteiger partial charge in [-0.1, -0.05) is 0 Å². The predicted octanol–water partition coefficient (Wildman–Crippen LogP) is -0.486. The molecule has 4 N–H and O–H groups in total. The number of nitrogens with zero attached hydrogens (tertiary/aromatic N) is 2. The Balaban J connectivity index is 1.81. The summed E-state index contributed by atoms with van der Waals surface area (Å²) in [5.74, 6) is -0.549. The third-order valence-electron chi connectivity index (χ3n) is 4.05. The average Bonchev–Trinajstić information content (AvgIpc) is 3.09. The molecule has 4 amide bonds. The highest BCUT2D eigenvalue weighted by Gasteiger charge is 2.51. The molecule has 8 heteroatoms. The number of hydrogen-bond donors (Lipinski definition) is 3. The molecule has 1 atom stereocenters. The van der Waals surface area contributed by atoms with Gasteiger partial charge in [-0.3, -0.25) is 14.9 Å². The Morgan fingerprint density at radius 2 is 2.24 bits per heavy atom. The van der Waals surface area contributed by atoms with E-state index in [1.165, 1.54) is 0 Å². The second-order valence-electron chi connectivity index (χ2n) is 5.41. The molecule has 1 aromatic rings. The number of nitrogen functional groups attached to an aromatic ring is 1. The van der Waals surface area contributed by atoms with E-state index in [-0.39, 0.29) is 18.4 Å². The van der Waals surface area contributed by atoms with Crippen molar-refractivity contribution in [1.29, 1.82) is 0 Å². The summed E-state index contributed by atoms with van der Waals surface area (Å²) in [5, 5.41) is 4.85. The fraction of sp³-hybridized carbons (Fsp3) is 0.462. The van der Waals surface area contributed by atoms with Crippen LogP contribution in [0.5, 0.6) is 0 Å². The summed E-state index contributed by atoms with van der Waals surface area (Å²) in [5.41, 5.74) is 5.78. The SMILES string of the molecule is CCn1cc(N)cc1C(=O)N1CCC2(C1)NC(=O)NC2=O. The molecule has 0 radical (unpaired) electrons. The maximum Gasteiger partial charge on any atom is 0.322 e. The number of aryl methyl sites for hydroxylation is 1. The van der Waals surface area contributed by atoms with Gasteiger partial charge < -0.3 is 20.5 Å². The smallest absolute Gasteiger partial charge is 0.322 e. The summed E-state index contributed by atoms with van der Waals surface area (Å²) >= 11 is 0. The van der Waals surface area contributed by atoms with E-state index in [0.717, 1.165) is 0 Å². The van der Waals surface area contributed by atoms with Gasteiger partial charge in [-0.15, -0.1) is 0 Å². The van der Waals surface area contributed by atoms with Crippen molar-refractivity contribution in [3.63, 3.8) is 0 Å². The molecule has 3 rings (SSSR count). The largest absolute Gasteiger partial charge is 0.397 e. The Labute approximate surface area is 121 Å². The molecule has 1 spiro atoms. The van der Waals surface area contributed by atoms with Gasteiger partial charge >= 0.3 is 6.03 Å². The molecule has 2 aliphatic heterocycles. The van der Waals surface area contributed by atoms with Gasteiger partial charge in [0.05, 0.1) is 12.2 Å². The zero-order valence-electron chi connectivity index (χ0n) is 11.7. The molecule has 2 fully saturated rings. The Hall–Kier alpha value is -2.51. The lowest BCUT2D eigenvalue weighted by Gasteiger charge is -2.21. The predicted molar refractivity (Wildman–Crippen MR) is 74.4 cm³/mol. The highest BCUT2D eigenvalue weighted by Crippen LogP contribution is 2.26. The van der Waals surface area contributed by atoms with Crippen molar-refractivity contribution in [2.45, 2.75) is 25.4 Å². The van der Waals surface area contributed by atoms with Gasteiger partial charge in [-0.05, 0) is 19.4 Å². The van der Waals surface area contributed by atoms with Crippen molar-refractivity contribution in [1.82, 2.24) is 20.1 Å². The monoisotopic (exact) mass is 291 g/mol. The summed E-state index contributed by atoms with van der Waals surface area (Å²) in [6, 6.07) is 1.12. The number of hydrogen-bond acceptors (Lipinski definition) is 4. The molecule has 3 heterocycles. The molecule has 21 heavy (non-hydrogen) atoms. The van der Waals surface area contributed by atoms with Gasteiger partial charge in [0.2, 0.25) is 0 Å². The van der Waals surface area contributed by atoms with Gasteiger partial charge in [0.1, 0.15) is 11.2 Å². The normalized spacial score (nSPS) is 24.5. The van der Waals surface area contributed by atoms with Gasteiger partial charge in [0.25, 0.3) is 11.8 Å². The number of rotatable bonds is 2. The lowest BCUT2D eigenvalue weighted by molar-refractivity contribution is -0.123. The standard InChI is InChI=1S/C13H17N5O3/c1-2-17-6-8(14)5-9(17)10(19)18-4-3-13(7-18)11(20)15-12(21)16-13/h5-6H,2-4,7,14H2,1H3,(H2,15,16,20,21). The lowest BCUT2D eigenvalue weighted by atomic mass is 10.00. The zero-order valence-corrected chi connectivity index (χ0v) is 11.7. The zero-order chi connectivity index (χ0) is 15.2. The van der Waals surface area contributed by atoms with E-state index in [1.54, 1.807) is 21.7 Å². The molecule has 112 valence electrons. The Morgan fingerprint density at radius 3 is 2.86 bits per heavy atom. The highest BCUT2D eigenvalue weighted by molar-refractivity contribution is 6.08. The number of anilines is 1. The van der Waals surface area contributed by atoms with E-state index in [2.05, 4.69) is 10.6 Å². The van der Waals surface area contributed by atoms with Crippen molar-refractivity contribution < 1.29 is 14.4 Å². The molecular weight excluding hydrogens is 274 g/mol. The van der Waals surface area contributed by atoms with Crippen LogP contribution < -0.4 is 16.4 Å². The molecule has 8 nitrogen and oxygen atoms in total. The van der Waals surface area contributed by atoms with E-state index in [1.807, 2.05) is 6.92 Å². The Kier molecular flexibility index (Phi) is 2.89. The molecule has 0 saturated carbocycles. The molecule has 0 aliphatic carbocycles. The van der Waals surface area contributed by atoms with Crippen LogP contribution in [0, 0.1) is 0 Å². The first-order valence-corrected chi connectivity index (χ1v) is 6.84. The van der Waals surface area contributed by atoms with Crippen LogP contribution in [0.4, 0.5) is 10.5 Å². The topological polar surface area (TPSA) is 109 Å². The molecule has 0 aromatic carbocycles. The van der Waals surface area contributed by atoms with E-state index < -0.39 is 11.6 Å². The molecular formula is C13H17N5O3. The second-order valence-corrected chi connectivity index (χ2v) is 5.41. The summed E-state index contributed by atoms with van der Waals surface area (Å²) in [4.78, 5) is 37.3. The second kappa shape index (κ2) is 4.51. The first-order chi connectivity index (χ1) is 9.95. The maximum absolute atomic E-state index is 12.6. The maximum atomic E-state index is 12.6. The minimum Gasteiger partial charge on any atom is -0.397 e. The number of likely N-dealkylation sites (tertiary alicyclic amines) is 1. The van der Waals surface area contributed by atoms with Gasteiger partial charge in [-0.25, -0.2) is 4.79 Å². The number of aromatic nitrogens is 1. The fourth-order valence-corrected chi connectivity index (χ4v) is 2.93. The quantitative estimate of drug-likeness (QED) is 0.639. The number of amides is 4. The van der Waals surface area contributed by atoms with Gasteiger partial charge in [0, 0.05) is 19.3 Å². The molecule has 2 aliphatic rings. The van der Waals surface area contributed by atoms with Crippen molar-refractivity contribution in [2.24, 2.45) is 0 Å². The average molecular weight is 291 g/mol. The number of nitrogens with two attached hydrogens (primary N) is 1. The Morgan fingerprint density at radius 1 is 1.48 bits per heavy atom. The van der Waals surface area contributed by atoms with Crippen LogP contribution in [0.1, 0.15) is 23.8 Å². The van der Waals surface area contributed by atoms with Gasteiger partial charge in [-0.2, -0.15) is 0 Å². The first kappa shape index (κ1) is 13.5. The molecule has 2 saturated heterocycles. The van der Waals surface area contributed by atoms with Crippen molar-refractivity contribution in [2.75, 3.05) is 18.8 Å². The Bertz CT molecular complexity index is 638. The molecule has 1 unspecified atom stereocenters. The summed E-state index contributed by atoms with van der Waals surface area (Å²) < 4.78 is 1.77. The summed E-state index contributed by atoms with van der Waals surface area (Å²) in [6.45, 7) is 3.15. The van der Waals surface area contributed by atoms with Crippen LogP contribution in [0.15, 0.2) is 12.3 Å². The third kappa shape index (κ3) is 2.03.